The number of nitrogens with zero attached hydrogens (tertiary/aromatic N) is 1. The number of carbonyl (C=O) groups is 1. The van der Waals surface area contributed by atoms with Gasteiger partial charge in [0.1, 0.15) is 0 Å². The Morgan fingerprint density at radius 3 is 2.81 bits per heavy atom. The highest BCUT2D eigenvalue weighted by Crippen LogP contribution is 2.28. The van der Waals surface area contributed by atoms with Crippen LogP contribution >= 0.6 is 0 Å². The first kappa shape index (κ1) is 11.2. The van der Waals surface area contributed by atoms with Gasteiger partial charge in [-0.3, -0.25) is 4.79 Å². The average molecular weight is 221 g/mol. The third-order valence-corrected chi connectivity index (χ3v) is 3.62. The molecule has 0 N–H and O–H groups in total. The maximum Gasteiger partial charge on any atom is 0.289 e. The van der Waals surface area contributed by atoms with E-state index in [0.29, 0.717) is 17.7 Å². The van der Waals surface area contributed by atoms with Gasteiger partial charge in [0.25, 0.3) is 5.91 Å². The normalized spacial score (nSPS) is 25.4. The van der Waals surface area contributed by atoms with Gasteiger partial charge in [0.2, 0.25) is 0 Å². The van der Waals surface area contributed by atoms with Gasteiger partial charge in [-0.05, 0) is 30.9 Å². The van der Waals surface area contributed by atoms with Gasteiger partial charge in [-0.2, -0.15) is 0 Å². The van der Waals surface area contributed by atoms with Crippen LogP contribution in [0.3, 0.4) is 0 Å². The second-order valence-corrected chi connectivity index (χ2v) is 4.72. The molecule has 0 radical (unpaired) electrons. The fraction of sp³-hybridized carbons (Fsp3) is 0.615. The summed E-state index contributed by atoms with van der Waals surface area (Å²) in [6, 6.07) is 3.85. The van der Waals surface area contributed by atoms with E-state index in [1.807, 2.05) is 11.9 Å². The second-order valence-electron chi connectivity index (χ2n) is 4.72. The molecule has 2 atom stereocenters. The zero-order chi connectivity index (χ0) is 11.5. The molecule has 88 valence electrons. The highest BCUT2D eigenvalue weighted by Gasteiger charge is 2.29. The first-order valence-corrected chi connectivity index (χ1v) is 6.01. The predicted octanol–water partition coefficient (Wildman–Crippen LogP) is 2.93. The minimum Gasteiger partial charge on any atom is -0.459 e. The van der Waals surface area contributed by atoms with E-state index in [1.165, 1.54) is 19.3 Å². The summed E-state index contributed by atoms with van der Waals surface area (Å²) in [6.45, 7) is 2.23. The molecule has 1 saturated carbocycles. The van der Waals surface area contributed by atoms with Crippen molar-refractivity contribution in [1.29, 1.82) is 0 Å². The van der Waals surface area contributed by atoms with Crippen molar-refractivity contribution in [1.82, 2.24) is 4.90 Å². The topological polar surface area (TPSA) is 33.5 Å². The number of furan rings is 1. The Bertz CT molecular complexity index is 345. The van der Waals surface area contributed by atoms with E-state index in [4.69, 9.17) is 4.42 Å². The number of hydrogen-bond donors (Lipinski definition) is 0. The lowest BCUT2D eigenvalue weighted by Crippen LogP contribution is -2.42. The summed E-state index contributed by atoms with van der Waals surface area (Å²) >= 11 is 0. The van der Waals surface area contributed by atoms with E-state index >= 15 is 0 Å². The van der Waals surface area contributed by atoms with Gasteiger partial charge in [0.15, 0.2) is 5.76 Å². The number of amides is 1. The van der Waals surface area contributed by atoms with E-state index in [1.54, 1.807) is 18.4 Å². The molecular formula is C13H19NO2. The minimum absolute atomic E-state index is 0.00347. The van der Waals surface area contributed by atoms with Crippen LogP contribution in [-0.4, -0.2) is 23.9 Å². The smallest absolute Gasteiger partial charge is 0.289 e. The monoisotopic (exact) mass is 221 g/mol. The van der Waals surface area contributed by atoms with E-state index in [0.717, 1.165) is 6.42 Å². The van der Waals surface area contributed by atoms with Crippen molar-refractivity contribution in [2.45, 2.75) is 38.6 Å². The van der Waals surface area contributed by atoms with Crippen LogP contribution in [0.5, 0.6) is 0 Å². The summed E-state index contributed by atoms with van der Waals surface area (Å²) in [5.74, 6) is 1.04. The Hall–Kier alpha value is -1.25. The summed E-state index contributed by atoms with van der Waals surface area (Å²) in [4.78, 5) is 13.9. The molecule has 1 fully saturated rings. The molecule has 0 spiro atoms. The summed E-state index contributed by atoms with van der Waals surface area (Å²) < 4.78 is 5.15. The Morgan fingerprint density at radius 1 is 1.44 bits per heavy atom. The van der Waals surface area contributed by atoms with Crippen LogP contribution in [0.25, 0.3) is 0 Å². The maximum absolute atomic E-state index is 12.1. The SMILES string of the molecule is CC1CCCCC1N(C)C(=O)c1ccco1. The summed E-state index contributed by atoms with van der Waals surface area (Å²) in [7, 11) is 1.89. The summed E-state index contributed by atoms with van der Waals surface area (Å²) in [6.07, 6.45) is 6.40. The maximum atomic E-state index is 12.1. The second kappa shape index (κ2) is 4.73. The largest absolute Gasteiger partial charge is 0.459 e. The van der Waals surface area contributed by atoms with Crippen molar-refractivity contribution < 1.29 is 9.21 Å². The van der Waals surface area contributed by atoms with Gasteiger partial charge in [-0.15, -0.1) is 0 Å². The summed E-state index contributed by atoms with van der Waals surface area (Å²) in [5, 5.41) is 0. The molecular weight excluding hydrogens is 202 g/mol. The van der Waals surface area contributed by atoms with Gasteiger partial charge in [0.05, 0.1) is 6.26 Å². The van der Waals surface area contributed by atoms with Gasteiger partial charge in [0, 0.05) is 13.1 Å². The standard InChI is InChI=1S/C13H19NO2/c1-10-6-3-4-7-11(10)14(2)13(15)12-8-5-9-16-12/h5,8-11H,3-4,6-7H2,1-2H3. The molecule has 1 amide bonds. The first-order valence-electron chi connectivity index (χ1n) is 6.01. The van der Waals surface area contributed by atoms with Gasteiger partial charge >= 0.3 is 0 Å². The molecule has 1 aliphatic rings. The van der Waals surface area contributed by atoms with Crippen LogP contribution in [0.1, 0.15) is 43.2 Å². The van der Waals surface area contributed by atoms with Crippen LogP contribution in [0, 0.1) is 5.92 Å². The fourth-order valence-corrected chi connectivity index (χ4v) is 2.60. The van der Waals surface area contributed by atoms with Crippen LogP contribution in [0.2, 0.25) is 0 Å². The van der Waals surface area contributed by atoms with Crippen molar-refractivity contribution >= 4 is 5.91 Å². The van der Waals surface area contributed by atoms with Crippen LogP contribution in [0.4, 0.5) is 0 Å². The molecule has 0 aliphatic heterocycles. The minimum atomic E-state index is 0.00347. The lowest BCUT2D eigenvalue weighted by Gasteiger charge is -2.35. The lowest BCUT2D eigenvalue weighted by molar-refractivity contribution is 0.0597. The van der Waals surface area contributed by atoms with Crippen LogP contribution in [0.15, 0.2) is 22.8 Å². The third kappa shape index (κ3) is 2.13. The van der Waals surface area contributed by atoms with E-state index in [9.17, 15) is 4.79 Å². The molecule has 1 aliphatic carbocycles. The zero-order valence-corrected chi connectivity index (χ0v) is 9.98. The average Bonchev–Trinajstić information content (AvgIpc) is 2.81. The summed E-state index contributed by atoms with van der Waals surface area (Å²) in [5.41, 5.74) is 0. The van der Waals surface area contributed by atoms with E-state index < -0.39 is 0 Å². The zero-order valence-electron chi connectivity index (χ0n) is 9.98. The molecule has 1 aromatic rings. The highest BCUT2D eigenvalue weighted by molar-refractivity contribution is 5.91. The van der Waals surface area contributed by atoms with Crippen LogP contribution in [-0.2, 0) is 0 Å². The third-order valence-electron chi connectivity index (χ3n) is 3.62. The molecule has 2 unspecified atom stereocenters. The number of rotatable bonds is 2. The Balaban J connectivity index is 2.06. The van der Waals surface area contributed by atoms with Crippen molar-refractivity contribution in [3.63, 3.8) is 0 Å². The molecule has 0 aromatic carbocycles. The van der Waals surface area contributed by atoms with E-state index in [-0.39, 0.29) is 5.91 Å². The van der Waals surface area contributed by atoms with Crippen molar-refractivity contribution in [2.24, 2.45) is 5.92 Å². The fourth-order valence-electron chi connectivity index (χ4n) is 2.60. The quantitative estimate of drug-likeness (QED) is 0.769. The molecule has 2 rings (SSSR count). The Morgan fingerprint density at radius 2 is 2.19 bits per heavy atom. The Labute approximate surface area is 96.4 Å². The highest BCUT2D eigenvalue weighted by atomic mass is 16.3. The molecule has 1 aromatic heterocycles. The number of hydrogen-bond acceptors (Lipinski definition) is 2. The van der Waals surface area contributed by atoms with Crippen molar-refractivity contribution in [3.05, 3.63) is 24.2 Å². The predicted molar refractivity (Wildman–Crippen MR) is 62.2 cm³/mol. The van der Waals surface area contributed by atoms with Gasteiger partial charge in [-0.25, -0.2) is 0 Å². The van der Waals surface area contributed by atoms with Gasteiger partial charge in [-0.1, -0.05) is 19.8 Å². The van der Waals surface area contributed by atoms with Gasteiger partial charge < -0.3 is 9.32 Å². The molecule has 3 heteroatoms. The van der Waals surface area contributed by atoms with Crippen molar-refractivity contribution in [3.8, 4) is 0 Å². The number of carbonyl (C=O) groups excluding carboxylic acids is 1. The Kier molecular flexibility index (Phi) is 3.32. The molecule has 1 heterocycles. The first-order chi connectivity index (χ1) is 7.70. The van der Waals surface area contributed by atoms with E-state index in [2.05, 4.69) is 6.92 Å². The molecule has 0 saturated heterocycles. The molecule has 3 nitrogen and oxygen atoms in total. The van der Waals surface area contributed by atoms with Crippen molar-refractivity contribution in [2.75, 3.05) is 7.05 Å². The molecule has 16 heavy (non-hydrogen) atoms. The molecule has 0 bridgehead atoms. The van der Waals surface area contributed by atoms with Crippen LogP contribution < -0.4 is 0 Å². The lowest BCUT2D eigenvalue weighted by atomic mass is 9.85.